The van der Waals surface area contributed by atoms with E-state index in [4.69, 9.17) is 11.6 Å². The minimum atomic E-state index is -0.968. The predicted molar refractivity (Wildman–Crippen MR) is 157 cm³/mol. The number of aryl methyl sites for hydroxylation is 2. The molecule has 3 amide bonds. The zero-order chi connectivity index (χ0) is 30.3. The summed E-state index contributed by atoms with van der Waals surface area (Å²) in [5, 5.41) is 21.0. The second kappa shape index (κ2) is 11.5. The van der Waals surface area contributed by atoms with Crippen molar-refractivity contribution in [1.29, 1.82) is 0 Å². The molecule has 2 fully saturated rings. The second-order valence-corrected chi connectivity index (χ2v) is 12.7. The molecule has 3 heterocycles. The number of rotatable bonds is 8. The number of benzene rings is 1. The van der Waals surface area contributed by atoms with E-state index in [1.165, 1.54) is 4.90 Å². The number of β-amino-alcohol motifs (C(OH)–C–C–N with tert-alkyl or cyclic N) is 1. The summed E-state index contributed by atoms with van der Waals surface area (Å²) in [5.41, 5.74) is 1.90. The molecule has 0 spiro atoms. The highest BCUT2D eigenvalue weighted by molar-refractivity contribution is 6.33. The number of halogens is 1. The fourth-order valence-electron chi connectivity index (χ4n) is 5.39. The number of hydrogen-bond donors (Lipinski definition) is 3. The first-order valence-corrected chi connectivity index (χ1v) is 14.6. The van der Waals surface area contributed by atoms with Gasteiger partial charge in [0.05, 0.1) is 23.4 Å². The van der Waals surface area contributed by atoms with Crippen LogP contribution < -0.4 is 10.6 Å². The van der Waals surface area contributed by atoms with Gasteiger partial charge < -0.3 is 25.2 Å². The van der Waals surface area contributed by atoms with Crippen molar-refractivity contribution < 1.29 is 19.5 Å². The average Bonchev–Trinajstić information content (AvgIpc) is 3.45. The first-order chi connectivity index (χ1) is 19.8. The van der Waals surface area contributed by atoms with Gasteiger partial charge in [-0.15, -0.1) is 0 Å². The third kappa shape index (κ3) is 6.07. The van der Waals surface area contributed by atoms with Gasteiger partial charge in [-0.3, -0.25) is 14.4 Å². The number of hydrogen-bond acceptors (Lipinski definition) is 6. The molecule has 2 aliphatic rings. The minimum absolute atomic E-state index is 0.00226. The van der Waals surface area contributed by atoms with Crippen molar-refractivity contribution in [2.24, 2.45) is 5.41 Å². The van der Waals surface area contributed by atoms with Crippen LogP contribution in [0.3, 0.4) is 0 Å². The van der Waals surface area contributed by atoms with Gasteiger partial charge in [-0.1, -0.05) is 44.5 Å². The molecule has 3 N–H and O–H groups in total. The summed E-state index contributed by atoms with van der Waals surface area (Å²) >= 11 is 6.53. The van der Waals surface area contributed by atoms with Gasteiger partial charge in [0.15, 0.2) is 0 Å². The van der Waals surface area contributed by atoms with Crippen molar-refractivity contribution >= 4 is 29.3 Å². The summed E-state index contributed by atoms with van der Waals surface area (Å²) < 4.78 is 3.63. The second-order valence-electron chi connectivity index (χ2n) is 12.3. The number of nitrogens with zero attached hydrogens (tertiary/aromatic N) is 5. The smallest absolute Gasteiger partial charge is 0.256 e. The molecule has 1 saturated heterocycles. The molecule has 1 aliphatic carbocycles. The SMILES string of the molecule is Cc1nn(C2CC2)c(Cl)c1C(=O)N[C@H](C(=O)N1C[C@H](O)C[C@H]1C(=O)NCc1ccc(-n2ccnc2C)cc1)C(C)(C)C. The monoisotopic (exact) mass is 595 g/mol. The molecule has 3 atom stereocenters. The fraction of sp³-hybridized carbons (Fsp3) is 0.500. The van der Waals surface area contributed by atoms with Crippen LogP contribution in [0.25, 0.3) is 5.69 Å². The summed E-state index contributed by atoms with van der Waals surface area (Å²) in [5.74, 6) is -0.418. The Morgan fingerprint density at radius 3 is 2.43 bits per heavy atom. The highest BCUT2D eigenvalue weighted by Crippen LogP contribution is 2.38. The van der Waals surface area contributed by atoms with Crippen molar-refractivity contribution in [1.82, 2.24) is 34.9 Å². The summed E-state index contributed by atoms with van der Waals surface area (Å²) in [6, 6.07) is 6.10. The third-order valence-electron chi connectivity index (χ3n) is 7.91. The Morgan fingerprint density at radius 1 is 1.14 bits per heavy atom. The van der Waals surface area contributed by atoms with Crippen molar-refractivity contribution in [2.75, 3.05) is 6.54 Å². The van der Waals surface area contributed by atoms with Gasteiger partial charge in [-0.25, -0.2) is 9.67 Å². The van der Waals surface area contributed by atoms with Gasteiger partial charge in [-0.05, 0) is 49.8 Å². The molecule has 3 aromatic rings. The van der Waals surface area contributed by atoms with E-state index < -0.39 is 35.4 Å². The van der Waals surface area contributed by atoms with Crippen LogP contribution in [0.5, 0.6) is 0 Å². The molecule has 224 valence electrons. The van der Waals surface area contributed by atoms with Crippen LogP contribution in [-0.4, -0.2) is 71.8 Å². The highest BCUT2D eigenvalue weighted by Gasteiger charge is 2.45. The number of nitrogens with one attached hydrogen (secondary N) is 2. The molecule has 1 saturated carbocycles. The van der Waals surface area contributed by atoms with E-state index in [1.54, 1.807) is 17.8 Å². The maximum atomic E-state index is 13.9. The molecule has 42 heavy (non-hydrogen) atoms. The van der Waals surface area contributed by atoms with Crippen molar-refractivity contribution in [3.8, 4) is 5.69 Å². The molecular formula is C30H38ClN7O4. The van der Waals surface area contributed by atoms with Crippen molar-refractivity contribution in [2.45, 2.75) is 84.7 Å². The number of carbonyl (C=O) groups excluding carboxylic acids is 3. The Bertz CT molecular complexity index is 1490. The van der Waals surface area contributed by atoms with Crippen LogP contribution in [0.2, 0.25) is 5.15 Å². The molecule has 11 nitrogen and oxygen atoms in total. The van der Waals surface area contributed by atoms with Gasteiger partial charge in [0.1, 0.15) is 23.1 Å². The number of carbonyl (C=O) groups is 3. The molecule has 2 aromatic heterocycles. The van der Waals surface area contributed by atoms with Crippen molar-refractivity contribution in [3.05, 3.63) is 64.5 Å². The zero-order valence-corrected chi connectivity index (χ0v) is 25.4. The molecule has 0 unspecified atom stereocenters. The molecule has 0 bridgehead atoms. The van der Waals surface area contributed by atoms with E-state index >= 15 is 0 Å². The Labute approximate surface area is 250 Å². The fourth-order valence-corrected chi connectivity index (χ4v) is 5.79. The lowest BCUT2D eigenvalue weighted by molar-refractivity contribution is -0.142. The predicted octanol–water partition coefficient (Wildman–Crippen LogP) is 3.10. The Morgan fingerprint density at radius 2 is 1.83 bits per heavy atom. The van der Waals surface area contributed by atoms with Crippen LogP contribution >= 0.6 is 11.6 Å². The first-order valence-electron chi connectivity index (χ1n) is 14.3. The highest BCUT2D eigenvalue weighted by atomic mass is 35.5. The molecule has 1 aromatic carbocycles. The van der Waals surface area contributed by atoms with Crippen LogP contribution in [0.15, 0.2) is 36.7 Å². The van der Waals surface area contributed by atoms with Gasteiger partial charge in [0, 0.05) is 37.6 Å². The average molecular weight is 596 g/mol. The van der Waals surface area contributed by atoms with E-state index in [9.17, 15) is 19.5 Å². The first kappa shape index (κ1) is 29.8. The van der Waals surface area contributed by atoms with Crippen LogP contribution in [0.1, 0.15) is 73.5 Å². The number of aromatic nitrogens is 4. The van der Waals surface area contributed by atoms with Gasteiger partial charge >= 0.3 is 0 Å². The van der Waals surface area contributed by atoms with E-state index in [0.717, 1.165) is 29.9 Å². The topological polar surface area (TPSA) is 134 Å². The van der Waals surface area contributed by atoms with E-state index in [1.807, 2.05) is 62.7 Å². The number of aliphatic hydroxyl groups excluding tert-OH is 1. The Balaban J connectivity index is 1.27. The largest absolute Gasteiger partial charge is 0.391 e. The molecule has 12 heteroatoms. The van der Waals surface area contributed by atoms with E-state index in [2.05, 4.69) is 20.7 Å². The maximum Gasteiger partial charge on any atom is 0.256 e. The van der Waals surface area contributed by atoms with Crippen LogP contribution in [0, 0.1) is 19.3 Å². The standard InChI is InChI=1S/C30H38ClN7O4/c1-17-24(26(31)38(35-17)21-10-11-21)28(41)34-25(30(3,4)5)29(42)37-16-22(39)14-23(37)27(40)33-15-19-6-8-20(9-7-19)36-13-12-32-18(36)2/h6-9,12-13,21-23,25,39H,10-11,14-16H2,1-5H3,(H,33,40)(H,34,41)/t22-,23+,25-/m1/s1. The molecule has 1 aliphatic heterocycles. The van der Waals surface area contributed by atoms with Crippen LogP contribution in [-0.2, 0) is 16.1 Å². The Hall–Kier alpha value is -3.70. The lowest BCUT2D eigenvalue weighted by Crippen LogP contribution is -2.57. The summed E-state index contributed by atoms with van der Waals surface area (Å²) in [7, 11) is 0. The minimum Gasteiger partial charge on any atom is -0.391 e. The van der Waals surface area contributed by atoms with E-state index in [-0.39, 0.29) is 42.2 Å². The summed E-state index contributed by atoms with van der Waals surface area (Å²) in [6.45, 7) is 9.43. The normalized spacial score (nSPS) is 19.5. The summed E-state index contributed by atoms with van der Waals surface area (Å²) in [6.07, 6.45) is 4.80. The van der Waals surface area contributed by atoms with Crippen LogP contribution in [0.4, 0.5) is 0 Å². The van der Waals surface area contributed by atoms with Gasteiger partial charge in [0.2, 0.25) is 11.8 Å². The number of likely N-dealkylation sites (tertiary alicyclic amines) is 1. The van der Waals surface area contributed by atoms with Gasteiger partial charge in [-0.2, -0.15) is 5.10 Å². The third-order valence-corrected chi connectivity index (χ3v) is 8.27. The van der Waals surface area contributed by atoms with Crippen molar-refractivity contribution in [3.63, 3.8) is 0 Å². The maximum absolute atomic E-state index is 13.9. The summed E-state index contributed by atoms with van der Waals surface area (Å²) in [4.78, 5) is 46.3. The lowest BCUT2D eigenvalue weighted by Gasteiger charge is -2.35. The zero-order valence-electron chi connectivity index (χ0n) is 24.6. The number of amides is 3. The number of imidazole rings is 1. The Kier molecular flexibility index (Phi) is 8.17. The molecule has 0 radical (unpaired) electrons. The quantitative estimate of drug-likeness (QED) is 0.366. The van der Waals surface area contributed by atoms with E-state index in [0.29, 0.717) is 5.69 Å². The molecular weight excluding hydrogens is 558 g/mol. The number of aliphatic hydroxyl groups is 1. The van der Waals surface area contributed by atoms with Gasteiger partial charge in [0.25, 0.3) is 5.91 Å². The lowest BCUT2D eigenvalue weighted by atomic mass is 9.85. The molecule has 5 rings (SSSR count).